The molecule has 4 aliphatic rings. The minimum absolute atomic E-state index is 0.0112. The molecule has 1 heterocycles. The Morgan fingerprint density at radius 3 is 2.77 bits per heavy atom. The number of alkyl halides is 2. The summed E-state index contributed by atoms with van der Waals surface area (Å²) in [5, 5.41) is 3.29. The first-order chi connectivity index (χ1) is 15.0. The van der Waals surface area contributed by atoms with Crippen LogP contribution in [-0.2, 0) is 0 Å². The smallest absolute Gasteiger partial charge is 0.239 e. The lowest BCUT2D eigenvalue weighted by Crippen LogP contribution is -2.47. The van der Waals surface area contributed by atoms with Gasteiger partial charge in [-0.1, -0.05) is 35.4 Å². The summed E-state index contributed by atoms with van der Waals surface area (Å²) in [4.78, 5) is 13.3. The highest BCUT2D eigenvalue weighted by Crippen LogP contribution is 2.58. The maximum absolute atomic E-state index is 12.5. The highest BCUT2D eigenvalue weighted by Gasteiger charge is 2.48. The van der Waals surface area contributed by atoms with E-state index in [1.807, 2.05) is 0 Å². The number of hydrogen-bond donors (Lipinski definition) is 0. The fourth-order valence-corrected chi connectivity index (χ4v) is 7.18. The van der Waals surface area contributed by atoms with Crippen LogP contribution in [-0.4, -0.2) is 37.0 Å². The van der Waals surface area contributed by atoms with Crippen molar-refractivity contribution in [1.82, 2.24) is 4.90 Å². The Bertz CT molecular complexity index is 685. The van der Waals surface area contributed by atoms with Crippen molar-refractivity contribution >= 4 is 0 Å². The van der Waals surface area contributed by atoms with Crippen molar-refractivity contribution in [3.05, 3.63) is 28.2 Å². The van der Waals surface area contributed by atoms with Crippen LogP contribution in [0.3, 0.4) is 0 Å². The summed E-state index contributed by atoms with van der Waals surface area (Å²) in [5.41, 5.74) is 3.47. The topological polar surface area (TPSA) is 32.7 Å². The van der Waals surface area contributed by atoms with Crippen molar-refractivity contribution in [2.75, 3.05) is 19.6 Å². The van der Waals surface area contributed by atoms with E-state index in [1.165, 1.54) is 50.5 Å². The second-order valence-corrected chi connectivity index (χ2v) is 11.0. The number of fused-ring (bicyclic) bond motifs is 1. The van der Waals surface area contributed by atoms with E-state index in [0.717, 1.165) is 51.2 Å². The summed E-state index contributed by atoms with van der Waals surface area (Å²) >= 11 is 0. The lowest BCUT2D eigenvalue weighted by molar-refractivity contribution is 0.0329. The molecule has 4 unspecified atom stereocenters. The number of hydrogen-bond acceptors (Lipinski definition) is 3. The van der Waals surface area contributed by atoms with Crippen LogP contribution in [0.1, 0.15) is 84.0 Å². The Kier molecular flexibility index (Phi) is 7.61. The summed E-state index contributed by atoms with van der Waals surface area (Å²) < 4.78 is 24.9. The molecule has 0 amide bonds. The molecule has 174 valence electrons. The van der Waals surface area contributed by atoms with Crippen LogP contribution in [0, 0.1) is 28.1 Å². The van der Waals surface area contributed by atoms with Gasteiger partial charge in [0.2, 0.25) is 6.43 Å². The molecule has 3 saturated carbocycles. The lowest BCUT2D eigenvalue weighted by atomic mass is 9.62. The number of halogens is 2. The van der Waals surface area contributed by atoms with Crippen molar-refractivity contribution in [3.8, 4) is 0 Å². The first-order valence-electron chi connectivity index (χ1n) is 12.7. The van der Waals surface area contributed by atoms with Gasteiger partial charge in [-0.3, -0.25) is 0 Å². The number of allylic oxidation sites excluding steroid dienone is 3. The van der Waals surface area contributed by atoms with E-state index >= 15 is 0 Å². The van der Waals surface area contributed by atoms with Gasteiger partial charge in [-0.15, -0.1) is 0 Å². The van der Waals surface area contributed by atoms with Crippen molar-refractivity contribution < 1.29 is 8.78 Å². The Morgan fingerprint density at radius 2 is 2.00 bits per heavy atom. The van der Waals surface area contributed by atoms with Gasteiger partial charge in [-0.2, -0.15) is 4.91 Å². The molecule has 0 spiro atoms. The molecular weight excluding hydrogens is 394 g/mol. The third-order valence-electron chi connectivity index (χ3n) is 8.95. The number of nitrogens with zero attached hydrogens (tertiary/aromatic N) is 2. The Hall–Kier alpha value is -1.10. The Balaban J connectivity index is 1.28. The number of likely N-dealkylation sites (tertiary alicyclic amines) is 1. The van der Waals surface area contributed by atoms with E-state index in [0.29, 0.717) is 11.3 Å². The highest BCUT2D eigenvalue weighted by atomic mass is 19.3. The van der Waals surface area contributed by atoms with Crippen LogP contribution in [0.25, 0.3) is 0 Å². The van der Waals surface area contributed by atoms with Crippen molar-refractivity contribution in [3.63, 3.8) is 0 Å². The predicted octanol–water partition coefficient (Wildman–Crippen LogP) is 7.13. The molecule has 0 aromatic rings. The zero-order chi connectivity index (χ0) is 21.8. The molecule has 0 aromatic carbocycles. The average molecular weight is 435 g/mol. The van der Waals surface area contributed by atoms with E-state index in [9.17, 15) is 13.7 Å². The van der Waals surface area contributed by atoms with E-state index in [1.54, 1.807) is 5.57 Å². The maximum atomic E-state index is 12.5. The largest absolute Gasteiger partial charge is 0.303 e. The summed E-state index contributed by atoms with van der Waals surface area (Å²) in [5.74, 6) is 1.73. The fraction of sp³-hybridized carbons (Fsp3) is 0.846. The minimum atomic E-state index is -2.15. The maximum Gasteiger partial charge on any atom is 0.239 e. The molecule has 4 atom stereocenters. The number of rotatable bonds is 8. The van der Waals surface area contributed by atoms with Gasteiger partial charge in [0.15, 0.2) is 0 Å². The van der Waals surface area contributed by atoms with Gasteiger partial charge < -0.3 is 4.90 Å². The standard InChI is InChI=1S/C26H40F2N2O/c1-26-13-3-6-21(10-9-19-5-2-8-23(15-19)29-31)24(26)12-11-22(26)7-4-14-30-17-20(18-30)16-25(27)28/h9-10,20,22-25H,2-8,11-18H2,1H3/b19-9-,21-10+. The van der Waals surface area contributed by atoms with Crippen molar-refractivity contribution in [2.24, 2.45) is 28.3 Å². The van der Waals surface area contributed by atoms with Crippen LogP contribution in [0.2, 0.25) is 0 Å². The molecule has 0 N–H and O–H groups in total. The van der Waals surface area contributed by atoms with E-state index < -0.39 is 6.43 Å². The van der Waals surface area contributed by atoms with Crippen LogP contribution < -0.4 is 0 Å². The zero-order valence-corrected chi connectivity index (χ0v) is 19.2. The molecule has 0 aromatic heterocycles. The van der Waals surface area contributed by atoms with Gasteiger partial charge in [-0.05, 0) is 100 Å². The first-order valence-corrected chi connectivity index (χ1v) is 12.7. The zero-order valence-electron chi connectivity index (χ0n) is 19.2. The normalized spacial score (nSPS) is 37.4. The van der Waals surface area contributed by atoms with Crippen molar-refractivity contribution in [1.29, 1.82) is 0 Å². The van der Waals surface area contributed by atoms with Crippen LogP contribution in [0.5, 0.6) is 0 Å². The summed E-state index contributed by atoms with van der Waals surface area (Å²) in [6.45, 7) is 5.36. The lowest BCUT2D eigenvalue weighted by Gasteiger charge is -2.43. The summed E-state index contributed by atoms with van der Waals surface area (Å²) in [6.07, 6.45) is 15.7. The molecule has 1 saturated heterocycles. The SMILES string of the molecule is CC12CCC/C(=C\C=C3\CCCC(N=O)C3)C1CCC2CCCN1CC(CC(F)F)C1. The predicted molar refractivity (Wildman–Crippen MR) is 122 cm³/mol. The Morgan fingerprint density at radius 1 is 1.16 bits per heavy atom. The molecular formula is C26H40F2N2O. The highest BCUT2D eigenvalue weighted by molar-refractivity contribution is 5.25. The summed E-state index contributed by atoms with van der Waals surface area (Å²) in [7, 11) is 0. The van der Waals surface area contributed by atoms with Crippen LogP contribution in [0.15, 0.2) is 28.5 Å². The first kappa shape index (κ1) is 23.1. The van der Waals surface area contributed by atoms with E-state index in [4.69, 9.17) is 0 Å². The molecule has 1 aliphatic heterocycles. The van der Waals surface area contributed by atoms with Gasteiger partial charge >= 0.3 is 0 Å². The molecule has 3 nitrogen and oxygen atoms in total. The molecule has 5 heteroatoms. The second kappa shape index (κ2) is 10.2. The second-order valence-electron chi connectivity index (χ2n) is 11.0. The van der Waals surface area contributed by atoms with Gasteiger partial charge in [0.1, 0.15) is 0 Å². The monoisotopic (exact) mass is 434 g/mol. The quantitative estimate of drug-likeness (QED) is 0.381. The fourth-order valence-electron chi connectivity index (χ4n) is 7.18. The molecule has 0 bridgehead atoms. The van der Waals surface area contributed by atoms with Gasteiger partial charge in [0.05, 0.1) is 6.04 Å². The molecule has 4 fully saturated rings. The molecule has 3 aliphatic carbocycles. The van der Waals surface area contributed by atoms with Gasteiger partial charge in [-0.25, -0.2) is 8.78 Å². The van der Waals surface area contributed by atoms with Crippen LogP contribution >= 0.6 is 0 Å². The molecule has 31 heavy (non-hydrogen) atoms. The van der Waals surface area contributed by atoms with Crippen LogP contribution in [0.4, 0.5) is 8.78 Å². The Labute approximate surface area is 186 Å². The van der Waals surface area contributed by atoms with E-state index in [-0.39, 0.29) is 18.4 Å². The summed E-state index contributed by atoms with van der Waals surface area (Å²) in [6, 6.07) is -0.0112. The number of nitroso groups, excluding NO2 is 1. The molecule has 0 radical (unpaired) electrons. The minimum Gasteiger partial charge on any atom is -0.303 e. The van der Waals surface area contributed by atoms with Gasteiger partial charge in [0.25, 0.3) is 0 Å². The third kappa shape index (κ3) is 5.46. The van der Waals surface area contributed by atoms with Crippen molar-refractivity contribution in [2.45, 2.75) is 96.4 Å². The van der Waals surface area contributed by atoms with E-state index in [2.05, 4.69) is 29.2 Å². The third-order valence-corrected chi connectivity index (χ3v) is 8.95. The average Bonchev–Trinajstić information content (AvgIpc) is 3.07. The van der Waals surface area contributed by atoms with Gasteiger partial charge in [0, 0.05) is 19.5 Å². The molecule has 4 rings (SSSR count).